The molecule has 4 heterocycles. The molecule has 1 aromatic heterocycles. The second-order valence-corrected chi connectivity index (χ2v) is 9.35. The van der Waals surface area contributed by atoms with Crippen LogP contribution in [0.3, 0.4) is 0 Å². The normalized spacial score (nSPS) is 23.0. The second-order valence-electron chi connectivity index (χ2n) is 9.35. The molecule has 34 heavy (non-hydrogen) atoms. The zero-order valence-electron chi connectivity index (χ0n) is 18.9. The summed E-state index contributed by atoms with van der Waals surface area (Å²) in [4.78, 5) is 41.2. The monoisotopic (exact) mass is 473 g/mol. The van der Waals surface area contributed by atoms with E-state index in [1.807, 2.05) is 0 Å². The van der Waals surface area contributed by atoms with E-state index in [0.717, 1.165) is 25.0 Å². The first-order chi connectivity index (χ1) is 16.2. The molecule has 0 aliphatic carbocycles. The van der Waals surface area contributed by atoms with Crippen LogP contribution < -0.4 is 10.7 Å². The van der Waals surface area contributed by atoms with Gasteiger partial charge in [-0.2, -0.15) is 0 Å². The van der Waals surface area contributed by atoms with Gasteiger partial charge in [0.2, 0.25) is 5.43 Å². The van der Waals surface area contributed by atoms with Gasteiger partial charge in [-0.1, -0.05) is 0 Å². The molecular formula is C24H25F2N3O5. The summed E-state index contributed by atoms with van der Waals surface area (Å²) in [5, 5.41) is 13.2. The van der Waals surface area contributed by atoms with Crippen LogP contribution in [0.2, 0.25) is 0 Å². The molecule has 3 aliphatic rings. The molecule has 0 saturated carbocycles. The number of nitrogens with zero attached hydrogens (tertiary/aromatic N) is 2. The SMILES string of the molecule is CO[C@H]1C[C@@]23CCCCN(C2)C(=O)c2c(O)c(=O)c(C(=O)NCc4c(F)cc(C)cc4F)c1n23. The number of halogens is 2. The van der Waals surface area contributed by atoms with E-state index in [-0.39, 0.29) is 22.5 Å². The number of fused-ring (bicyclic) bond motifs is 1. The predicted octanol–water partition coefficient (Wildman–Crippen LogP) is 2.50. The van der Waals surface area contributed by atoms with Crippen molar-refractivity contribution < 1.29 is 28.2 Å². The molecule has 1 aromatic carbocycles. The standard InChI is InChI=1S/C24H25F2N3O5/c1-12-7-14(25)13(15(26)8-12)10-27-22(32)17-18-16(34-2)9-24-5-3-4-6-28(11-24)23(33)19(29(18)24)21(31)20(17)30/h7-8,16,31H,3-6,9-11H2,1-2H3,(H,27,32)/t16-,24-/m0/s1. The first-order valence-electron chi connectivity index (χ1n) is 11.3. The number of carbonyl (C=O) groups is 2. The molecule has 3 aliphatic heterocycles. The largest absolute Gasteiger partial charge is 0.503 e. The van der Waals surface area contributed by atoms with E-state index in [9.17, 15) is 28.3 Å². The van der Waals surface area contributed by atoms with E-state index in [1.54, 1.807) is 16.4 Å². The number of amides is 2. The Labute approximate surface area is 194 Å². The minimum Gasteiger partial charge on any atom is -0.503 e. The quantitative estimate of drug-likeness (QED) is 0.711. The van der Waals surface area contributed by atoms with Crippen LogP contribution in [-0.2, 0) is 16.8 Å². The lowest BCUT2D eigenvalue weighted by Crippen LogP contribution is -2.52. The number of nitrogens with one attached hydrogen (secondary N) is 1. The van der Waals surface area contributed by atoms with E-state index >= 15 is 0 Å². The zero-order chi connectivity index (χ0) is 24.4. The maximum absolute atomic E-state index is 14.3. The lowest BCUT2D eigenvalue weighted by molar-refractivity contribution is 0.0497. The zero-order valence-corrected chi connectivity index (χ0v) is 18.9. The van der Waals surface area contributed by atoms with Crippen LogP contribution in [-0.4, -0.2) is 46.6 Å². The molecule has 0 unspecified atom stereocenters. The maximum Gasteiger partial charge on any atom is 0.274 e. The summed E-state index contributed by atoms with van der Waals surface area (Å²) >= 11 is 0. The van der Waals surface area contributed by atoms with Crippen molar-refractivity contribution in [2.24, 2.45) is 0 Å². The molecule has 5 rings (SSSR count). The Kier molecular flexibility index (Phi) is 5.23. The van der Waals surface area contributed by atoms with Gasteiger partial charge in [-0.3, -0.25) is 14.4 Å². The van der Waals surface area contributed by atoms with Crippen molar-refractivity contribution in [2.75, 3.05) is 20.2 Å². The number of ether oxygens (including phenoxy) is 1. The number of rotatable bonds is 4. The third kappa shape index (κ3) is 3.15. The van der Waals surface area contributed by atoms with Gasteiger partial charge in [-0.05, 0) is 43.9 Å². The maximum atomic E-state index is 14.3. The molecule has 2 bridgehead atoms. The average molecular weight is 473 g/mol. The lowest BCUT2D eigenvalue weighted by Gasteiger charge is -2.41. The number of pyridine rings is 1. The molecule has 2 atom stereocenters. The van der Waals surface area contributed by atoms with E-state index < -0.39 is 52.8 Å². The fourth-order valence-electron chi connectivity index (χ4n) is 5.72. The molecule has 2 N–H and O–H groups in total. The number of aryl methyl sites for hydroxylation is 1. The number of hydrogen-bond acceptors (Lipinski definition) is 5. The van der Waals surface area contributed by atoms with Gasteiger partial charge in [0.05, 0.1) is 11.2 Å². The van der Waals surface area contributed by atoms with Crippen molar-refractivity contribution in [2.45, 2.75) is 50.8 Å². The second kappa shape index (κ2) is 7.90. The minimum atomic E-state index is -1.00. The molecule has 2 aromatic rings. The smallest absolute Gasteiger partial charge is 0.274 e. The predicted molar refractivity (Wildman–Crippen MR) is 117 cm³/mol. The summed E-state index contributed by atoms with van der Waals surface area (Å²) < 4.78 is 35.8. The Bertz CT molecular complexity index is 1270. The van der Waals surface area contributed by atoms with Crippen molar-refractivity contribution in [1.29, 1.82) is 0 Å². The van der Waals surface area contributed by atoms with Gasteiger partial charge in [0.25, 0.3) is 11.8 Å². The van der Waals surface area contributed by atoms with Crippen LogP contribution in [0.1, 0.15) is 69.5 Å². The summed E-state index contributed by atoms with van der Waals surface area (Å²) in [6.45, 7) is 1.98. The van der Waals surface area contributed by atoms with Crippen LogP contribution >= 0.6 is 0 Å². The third-order valence-corrected chi connectivity index (χ3v) is 7.25. The molecule has 2 amide bonds. The summed E-state index contributed by atoms with van der Waals surface area (Å²) in [7, 11) is 1.46. The van der Waals surface area contributed by atoms with Crippen molar-refractivity contribution in [3.63, 3.8) is 0 Å². The van der Waals surface area contributed by atoms with Crippen LogP contribution in [0.5, 0.6) is 5.75 Å². The topological polar surface area (TPSA) is 101 Å². The highest BCUT2D eigenvalue weighted by Crippen LogP contribution is 2.50. The fraction of sp³-hybridized carbons (Fsp3) is 0.458. The summed E-state index contributed by atoms with van der Waals surface area (Å²) in [6, 6.07) is 2.30. The Balaban J connectivity index is 1.63. The fourth-order valence-corrected chi connectivity index (χ4v) is 5.72. The number of benzene rings is 1. The van der Waals surface area contributed by atoms with Gasteiger partial charge < -0.3 is 24.6 Å². The highest BCUT2D eigenvalue weighted by molar-refractivity contribution is 6.00. The Morgan fingerprint density at radius 3 is 2.65 bits per heavy atom. The van der Waals surface area contributed by atoms with Crippen LogP contribution in [0, 0.1) is 18.6 Å². The molecule has 180 valence electrons. The van der Waals surface area contributed by atoms with Crippen molar-refractivity contribution in [3.8, 4) is 5.75 Å². The van der Waals surface area contributed by atoms with Gasteiger partial charge in [0, 0.05) is 38.7 Å². The van der Waals surface area contributed by atoms with E-state index in [1.165, 1.54) is 7.11 Å². The van der Waals surface area contributed by atoms with Gasteiger partial charge in [-0.25, -0.2) is 8.78 Å². The summed E-state index contributed by atoms with van der Waals surface area (Å²) in [5.41, 5.74) is -1.83. The lowest BCUT2D eigenvalue weighted by atomic mass is 9.88. The summed E-state index contributed by atoms with van der Waals surface area (Å²) in [5.74, 6) is -3.77. The van der Waals surface area contributed by atoms with Crippen LogP contribution in [0.4, 0.5) is 8.78 Å². The van der Waals surface area contributed by atoms with Crippen molar-refractivity contribution in [1.82, 2.24) is 14.8 Å². The highest BCUT2D eigenvalue weighted by atomic mass is 19.1. The van der Waals surface area contributed by atoms with Crippen molar-refractivity contribution in [3.05, 3.63) is 62.1 Å². The molecule has 10 heteroatoms. The van der Waals surface area contributed by atoms with Crippen LogP contribution in [0.25, 0.3) is 0 Å². The van der Waals surface area contributed by atoms with Gasteiger partial charge >= 0.3 is 0 Å². The van der Waals surface area contributed by atoms with E-state index in [2.05, 4.69) is 5.32 Å². The number of aromatic nitrogens is 1. The average Bonchev–Trinajstić information content (AvgIpc) is 2.96. The summed E-state index contributed by atoms with van der Waals surface area (Å²) in [6.07, 6.45) is 2.09. The van der Waals surface area contributed by atoms with Crippen molar-refractivity contribution >= 4 is 11.8 Å². The Morgan fingerprint density at radius 2 is 1.97 bits per heavy atom. The van der Waals surface area contributed by atoms with Gasteiger partial charge in [-0.15, -0.1) is 0 Å². The number of hydrogen-bond donors (Lipinski definition) is 2. The molecule has 8 nitrogen and oxygen atoms in total. The Hall–Kier alpha value is -3.27. The molecule has 0 radical (unpaired) electrons. The number of aromatic hydroxyl groups is 1. The van der Waals surface area contributed by atoms with Crippen LogP contribution in [0.15, 0.2) is 16.9 Å². The highest BCUT2D eigenvalue weighted by Gasteiger charge is 2.54. The number of methoxy groups -OCH3 is 1. The number of carbonyl (C=O) groups excluding carboxylic acids is 2. The first-order valence-corrected chi connectivity index (χ1v) is 11.3. The Morgan fingerprint density at radius 1 is 1.26 bits per heavy atom. The third-order valence-electron chi connectivity index (χ3n) is 7.25. The van der Waals surface area contributed by atoms with E-state index in [0.29, 0.717) is 31.5 Å². The van der Waals surface area contributed by atoms with Gasteiger partial charge in [0.15, 0.2) is 11.4 Å². The molecular weight excluding hydrogens is 448 g/mol. The molecule has 1 saturated heterocycles. The van der Waals surface area contributed by atoms with Gasteiger partial charge in [0.1, 0.15) is 23.3 Å². The molecule has 1 spiro atoms. The molecule has 1 fully saturated rings. The first kappa shape index (κ1) is 22.5. The minimum absolute atomic E-state index is 0.125. The van der Waals surface area contributed by atoms with E-state index in [4.69, 9.17) is 4.74 Å².